The van der Waals surface area contributed by atoms with Crippen LogP contribution in [0.1, 0.15) is 56.5 Å². The molecule has 2 rings (SSSR count). The first kappa shape index (κ1) is 22.9. The Labute approximate surface area is 174 Å². The SMILES string of the molecule is CCN(CC)C(=O)C(NC(=O)c1cccc(C)c1)C1CCN(C(=O)C(C)C)CC1. The van der Waals surface area contributed by atoms with E-state index in [4.69, 9.17) is 0 Å². The highest BCUT2D eigenvalue weighted by molar-refractivity contribution is 5.97. The molecule has 1 aromatic rings. The van der Waals surface area contributed by atoms with Crippen LogP contribution in [0, 0.1) is 18.8 Å². The Kier molecular flexibility index (Phi) is 8.23. The second-order valence-corrected chi connectivity index (χ2v) is 8.15. The Morgan fingerprint density at radius 1 is 1.14 bits per heavy atom. The number of amides is 3. The highest BCUT2D eigenvalue weighted by Gasteiger charge is 2.35. The second kappa shape index (κ2) is 10.4. The fourth-order valence-electron chi connectivity index (χ4n) is 3.94. The van der Waals surface area contributed by atoms with Gasteiger partial charge in [0.25, 0.3) is 5.91 Å². The van der Waals surface area contributed by atoms with Crippen LogP contribution in [-0.4, -0.2) is 59.7 Å². The summed E-state index contributed by atoms with van der Waals surface area (Å²) in [5.41, 5.74) is 1.57. The summed E-state index contributed by atoms with van der Waals surface area (Å²) in [6, 6.07) is 6.82. The standard InChI is InChI=1S/C23H35N3O3/c1-6-25(7-2)23(29)20(24-21(27)19-10-8-9-17(5)15-19)18-11-13-26(14-12-18)22(28)16(3)4/h8-10,15-16,18,20H,6-7,11-14H2,1-5H3,(H,24,27). The minimum Gasteiger partial charge on any atom is -0.342 e. The average molecular weight is 402 g/mol. The van der Waals surface area contributed by atoms with Crippen molar-refractivity contribution < 1.29 is 14.4 Å². The van der Waals surface area contributed by atoms with Crippen molar-refractivity contribution in [3.63, 3.8) is 0 Å². The van der Waals surface area contributed by atoms with Gasteiger partial charge in [0.1, 0.15) is 6.04 Å². The molecular formula is C23H35N3O3. The van der Waals surface area contributed by atoms with Gasteiger partial charge in [-0.25, -0.2) is 0 Å². The van der Waals surface area contributed by atoms with E-state index in [2.05, 4.69) is 5.32 Å². The highest BCUT2D eigenvalue weighted by Crippen LogP contribution is 2.24. The lowest BCUT2D eigenvalue weighted by atomic mass is 9.87. The Morgan fingerprint density at radius 2 is 1.76 bits per heavy atom. The smallest absolute Gasteiger partial charge is 0.251 e. The topological polar surface area (TPSA) is 69.7 Å². The predicted octanol–water partition coefficient (Wildman–Crippen LogP) is 2.86. The molecule has 6 nitrogen and oxygen atoms in total. The minimum absolute atomic E-state index is 0.0214. The van der Waals surface area contributed by atoms with E-state index in [9.17, 15) is 14.4 Å². The normalized spacial score (nSPS) is 15.9. The molecule has 29 heavy (non-hydrogen) atoms. The summed E-state index contributed by atoms with van der Waals surface area (Å²) in [5, 5.41) is 3.01. The number of nitrogens with one attached hydrogen (secondary N) is 1. The number of rotatable bonds is 7. The first-order valence-electron chi connectivity index (χ1n) is 10.7. The lowest BCUT2D eigenvalue weighted by molar-refractivity contribution is -0.137. The minimum atomic E-state index is -0.570. The van der Waals surface area contributed by atoms with Crippen LogP contribution in [0.4, 0.5) is 0 Å². The first-order valence-corrected chi connectivity index (χ1v) is 10.7. The molecule has 1 aliphatic heterocycles. The number of nitrogens with zero attached hydrogens (tertiary/aromatic N) is 2. The molecule has 1 heterocycles. The number of likely N-dealkylation sites (tertiary alicyclic amines) is 1. The maximum Gasteiger partial charge on any atom is 0.251 e. The number of aryl methyl sites for hydroxylation is 1. The maximum atomic E-state index is 13.2. The largest absolute Gasteiger partial charge is 0.342 e. The quantitative estimate of drug-likeness (QED) is 0.764. The van der Waals surface area contributed by atoms with Crippen LogP contribution in [-0.2, 0) is 9.59 Å². The van der Waals surface area contributed by atoms with Gasteiger partial charge in [-0.05, 0) is 51.7 Å². The summed E-state index contributed by atoms with van der Waals surface area (Å²) in [4.78, 5) is 42.0. The van der Waals surface area contributed by atoms with Crippen molar-refractivity contribution in [2.75, 3.05) is 26.2 Å². The van der Waals surface area contributed by atoms with Crippen molar-refractivity contribution in [2.24, 2.45) is 11.8 Å². The monoisotopic (exact) mass is 401 g/mol. The van der Waals surface area contributed by atoms with E-state index < -0.39 is 6.04 Å². The van der Waals surface area contributed by atoms with Gasteiger partial charge in [0, 0.05) is 37.7 Å². The molecule has 1 atom stereocenters. The van der Waals surface area contributed by atoms with Gasteiger partial charge in [0.15, 0.2) is 0 Å². The third-order valence-electron chi connectivity index (χ3n) is 5.72. The molecule has 1 fully saturated rings. The molecule has 0 bridgehead atoms. The van der Waals surface area contributed by atoms with E-state index in [1.807, 2.05) is 57.7 Å². The Bertz CT molecular complexity index is 720. The molecule has 0 aromatic heterocycles. The molecule has 1 unspecified atom stereocenters. The van der Waals surface area contributed by atoms with E-state index in [-0.39, 0.29) is 29.6 Å². The average Bonchev–Trinajstić information content (AvgIpc) is 2.72. The fourth-order valence-corrected chi connectivity index (χ4v) is 3.94. The molecule has 1 saturated heterocycles. The molecule has 0 spiro atoms. The van der Waals surface area contributed by atoms with Crippen LogP contribution in [0.5, 0.6) is 0 Å². The van der Waals surface area contributed by atoms with Crippen molar-refractivity contribution in [3.05, 3.63) is 35.4 Å². The van der Waals surface area contributed by atoms with Gasteiger partial charge in [-0.2, -0.15) is 0 Å². The molecular weight excluding hydrogens is 366 g/mol. The lowest BCUT2D eigenvalue weighted by Crippen LogP contribution is -2.55. The van der Waals surface area contributed by atoms with Gasteiger partial charge in [0.05, 0.1) is 0 Å². The Hall–Kier alpha value is -2.37. The van der Waals surface area contributed by atoms with E-state index >= 15 is 0 Å². The van der Waals surface area contributed by atoms with Crippen molar-refractivity contribution in [3.8, 4) is 0 Å². The second-order valence-electron chi connectivity index (χ2n) is 8.15. The molecule has 1 aliphatic rings. The number of piperidine rings is 1. The summed E-state index contributed by atoms with van der Waals surface area (Å²) in [6.07, 6.45) is 1.43. The number of carbonyl (C=O) groups is 3. The summed E-state index contributed by atoms with van der Waals surface area (Å²) in [7, 11) is 0. The zero-order valence-corrected chi connectivity index (χ0v) is 18.4. The molecule has 3 amide bonds. The van der Waals surface area contributed by atoms with E-state index in [1.54, 1.807) is 11.0 Å². The number of likely N-dealkylation sites (N-methyl/N-ethyl adjacent to an activating group) is 1. The third kappa shape index (κ3) is 5.81. The number of benzene rings is 1. The highest BCUT2D eigenvalue weighted by atomic mass is 16.2. The number of carbonyl (C=O) groups excluding carboxylic acids is 3. The molecule has 6 heteroatoms. The van der Waals surface area contributed by atoms with Crippen molar-refractivity contribution in [2.45, 2.75) is 53.5 Å². The molecule has 0 saturated carbocycles. The predicted molar refractivity (Wildman–Crippen MR) is 115 cm³/mol. The van der Waals surface area contributed by atoms with Gasteiger partial charge in [-0.15, -0.1) is 0 Å². The van der Waals surface area contributed by atoms with Gasteiger partial charge >= 0.3 is 0 Å². The van der Waals surface area contributed by atoms with E-state index in [0.29, 0.717) is 44.6 Å². The molecule has 160 valence electrons. The summed E-state index contributed by atoms with van der Waals surface area (Å²) in [6.45, 7) is 12.1. The first-order chi connectivity index (χ1) is 13.8. The van der Waals surface area contributed by atoms with Gasteiger partial charge < -0.3 is 15.1 Å². The molecule has 1 aromatic carbocycles. The van der Waals surface area contributed by atoms with Crippen molar-refractivity contribution >= 4 is 17.7 Å². The fraction of sp³-hybridized carbons (Fsp3) is 0.609. The van der Waals surface area contributed by atoms with Crippen LogP contribution < -0.4 is 5.32 Å². The zero-order valence-electron chi connectivity index (χ0n) is 18.4. The Morgan fingerprint density at radius 3 is 2.28 bits per heavy atom. The number of hydrogen-bond acceptors (Lipinski definition) is 3. The van der Waals surface area contributed by atoms with E-state index in [1.165, 1.54) is 0 Å². The van der Waals surface area contributed by atoms with Gasteiger partial charge in [0.2, 0.25) is 11.8 Å². The summed E-state index contributed by atoms with van der Waals surface area (Å²) >= 11 is 0. The molecule has 0 aliphatic carbocycles. The van der Waals surface area contributed by atoms with E-state index in [0.717, 1.165) is 5.56 Å². The maximum absolute atomic E-state index is 13.2. The van der Waals surface area contributed by atoms with Crippen LogP contribution in [0.2, 0.25) is 0 Å². The third-order valence-corrected chi connectivity index (χ3v) is 5.72. The summed E-state index contributed by atoms with van der Waals surface area (Å²) < 4.78 is 0. The number of hydrogen-bond donors (Lipinski definition) is 1. The zero-order chi connectivity index (χ0) is 21.6. The van der Waals surface area contributed by atoms with Crippen LogP contribution >= 0.6 is 0 Å². The van der Waals surface area contributed by atoms with Crippen LogP contribution in [0.25, 0.3) is 0 Å². The van der Waals surface area contributed by atoms with Crippen LogP contribution in [0.15, 0.2) is 24.3 Å². The molecule has 0 radical (unpaired) electrons. The molecule has 1 N–H and O–H groups in total. The van der Waals surface area contributed by atoms with Crippen molar-refractivity contribution in [1.82, 2.24) is 15.1 Å². The lowest BCUT2D eigenvalue weighted by Gasteiger charge is -2.38. The van der Waals surface area contributed by atoms with Crippen LogP contribution in [0.3, 0.4) is 0 Å². The summed E-state index contributed by atoms with van der Waals surface area (Å²) in [5.74, 6) is -0.114. The van der Waals surface area contributed by atoms with Gasteiger partial charge in [-0.3, -0.25) is 14.4 Å². The van der Waals surface area contributed by atoms with Gasteiger partial charge in [-0.1, -0.05) is 31.5 Å². The Balaban J connectivity index is 2.17. The van der Waals surface area contributed by atoms with Crippen molar-refractivity contribution in [1.29, 1.82) is 0 Å².